The third kappa shape index (κ3) is 10.1. The van der Waals surface area contributed by atoms with Crippen LogP contribution in [0, 0.1) is 13.8 Å². The highest BCUT2D eigenvalue weighted by Gasteiger charge is 2.21. The van der Waals surface area contributed by atoms with Crippen LogP contribution in [-0.4, -0.2) is 67.3 Å². The maximum absolute atomic E-state index is 12.9. The van der Waals surface area contributed by atoms with E-state index in [1.54, 1.807) is 0 Å². The standard InChI is InChI=1S/C12H18N2.C11H15FN2.2C2H6/c1-11-3-5-12(6-4-11)14-9-7-13(2)8-10-14;1-9-2-3-11(13-6-9)8-14-5-4-10(12)7-14;2*1-2/h3-6H,7-10H2,1-2H3;2-3,6,10H,4-5,7-8H2,1H3;2*1-2H3. The van der Waals surface area contributed by atoms with Crippen molar-refractivity contribution in [1.82, 2.24) is 14.8 Å². The van der Waals surface area contributed by atoms with Gasteiger partial charge in [0.2, 0.25) is 0 Å². The molecule has 2 saturated heterocycles. The lowest BCUT2D eigenvalue weighted by Gasteiger charge is -2.34. The summed E-state index contributed by atoms with van der Waals surface area (Å²) in [5.41, 5.74) is 4.90. The number of aromatic nitrogens is 1. The number of pyridine rings is 1. The summed E-state index contributed by atoms with van der Waals surface area (Å²) in [5, 5.41) is 0. The number of nitrogens with zero attached hydrogens (tertiary/aromatic N) is 4. The number of likely N-dealkylation sites (N-methyl/N-ethyl adjacent to an activating group) is 1. The van der Waals surface area contributed by atoms with Crippen molar-refractivity contribution in [3.8, 4) is 0 Å². The minimum absolute atomic E-state index is 0.565. The van der Waals surface area contributed by atoms with Gasteiger partial charge in [-0.2, -0.15) is 0 Å². The zero-order chi connectivity index (χ0) is 23.9. The summed E-state index contributed by atoms with van der Waals surface area (Å²) < 4.78 is 12.9. The molecule has 2 aromatic rings. The number of halogens is 1. The number of rotatable bonds is 3. The van der Waals surface area contributed by atoms with Crippen molar-refractivity contribution in [2.75, 3.05) is 51.2 Å². The molecule has 1 atom stereocenters. The van der Waals surface area contributed by atoms with Crippen molar-refractivity contribution in [2.45, 2.75) is 60.7 Å². The molecule has 0 amide bonds. The van der Waals surface area contributed by atoms with Crippen molar-refractivity contribution in [3.05, 3.63) is 59.4 Å². The van der Waals surface area contributed by atoms with Crippen LogP contribution in [0.1, 0.15) is 50.9 Å². The van der Waals surface area contributed by atoms with Gasteiger partial charge in [0.05, 0.1) is 5.69 Å². The fourth-order valence-corrected chi connectivity index (χ4v) is 3.57. The first-order valence-corrected chi connectivity index (χ1v) is 12.3. The Morgan fingerprint density at radius 1 is 0.844 bits per heavy atom. The molecule has 180 valence electrons. The first-order valence-electron chi connectivity index (χ1n) is 12.3. The Bertz CT molecular complexity index is 709. The fourth-order valence-electron chi connectivity index (χ4n) is 3.57. The van der Waals surface area contributed by atoms with Crippen LogP contribution in [0.2, 0.25) is 0 Å². The summed E-state index contributed by atoms with van der Waals surface area (Å²) in [6, 6.07) is 12.9. The minimum atomic E-state index is -0.638. The van der Waals surface area contributed by atoms with E-state index >= 15 is 0 Å². The summed E-state index contributed by atoms with van der Waals surface area (Å²) >= 11 is 0. The first kappa shape index (κ1) is 28.1. The second-order valence-corrected chi connectivity index (χ2v) is 8.07. The van der Waals surface area contributed by atoms with Crippen LogP contribution < -0.4 is 4.90 Å². The van der Waals surface area contributed by atoms with E-state index in [0.29, 0.717) is 13.0 Å². The molecule has 0 aliphatic carbocycles. The molecule has 0 spiro atoms. The van der Waals surface area contributed by atoms with Crippen LogP contribution >= 0.6 is 0 Å². The molecule has 2 aliphatic rings. The van der Waals surface area contributed by atoms with Gasteiger partial charge in [-0.15, -0.1) is 0 Å². The summed E-state index contributed by atoms with van der Waals surface area (Å²) in [7, 11) is 2.19. The lowest BCUT2D eigenvalue weighted by atomic mass is 10.2. The van der Waals surface area contributed by atoms with E-state index in [0.717, 1.165) is 31.9 Å². The smallest absolute Gasteiger partial charge is 0.114 e. The number of hydrogen-bond donors (Lipinski definition) is 0. The molecule has 4 nitrogen and oxygen atoms in total. The van der Waals surface area contributed by atoms with E-state index in [1.807, 2.05) is 52.9 Å². The number of aryl methyl sites for hydroxylation is 2. The number of piperazine rings is 1. The lowest BCUT2D eigenvalue weighted by Crippen LogP contribution is -2.44. The topological polar surface area (TPSA) is 22.6 Å². The summed E-state index contributed by atoms with van der Waals surface area (Å²) in [4.78, 5) is 11.3. The van der Waals surface area contributed by atoms with Gasteiger partial charge in [0.1, 0.15) is 6.17 Å². The van der Waals surface area contributed by atoms with E-state index in [2.05, 4.69) is 57.9 Å². The van der Waals surface area contributed by atoms with Crippen LogP contribution in [-0.2, 0) is 6.54 Å². The highest BCUT2D eigenvalue weighted by Crippen LogP contribution is 2.16. The zero-order valence-corrected chi connectivity index (χ0v) is 21.4. The molecule has 32 heavy (non-hydrogen) atoms. The van der Waals surface area contributed by atoms with Gasteiger partial charge in [0, 0.05) is 57.7 Å². The molecule has 0 radical (unpaired) electrons. The average molecular weight is 445 g/mol. The van der Waals surface area contributed by atoms with E-state index in [1.165, 1.54) is 29.9 Å². The summed E-state index contributed by atoms with van der Waals surface area (Å²) in [6.07, 6.45) is 1.89. The fraction of sp³-hybridized carbons (Fsp3) is 0.593. The second-order valence-electron chi connectivity index (χ2n) is 8.07. The van der Waals surface area contributed by atoms with Crippen LogP contribution in [0.15, 0.2) is 42.6 Å². The normalized spacial score (nSPS) is 18.5. The average Bonchev–Trinajstić information content (AvgIpc) is 3.24. The molecular formula is C27H45FN4. The van der Waals surface area contributed by atoms with E-state index in [9.17, 15) is 4.39 Å². The lowest BCUT2D eigenvalue weighted by molar-refractivity contribution is 0.280. The summed E-state index contributed by atoms with van der Waals surface area (Å²) in [6.45, 7) is 19.0. The largest absolute Gasteiger partial charge is 0.369 e. The quantitative estimate of drug-likeness (QED) is 0.603. The van der Waals surface area contributed by atoms with Crippen LogP contribution in [0.5, 0.6) is 0 Å². The number of benzene rings is 1. The number of anilines is 1. The number of alkyl halides is 1. The van der Waals surface area contributed by atoms with Crippen molar-refractivity contribution in [3.63, 3.8) is 0 Å². The second kappa shape index (κ2) is 15.8. The Balaban J connectivity index is 0.000000277. The van der Waals surface area contributed by atoms with Crippen molar-refractivity contribution in [1.29, 1.82) is 0 Å². The summed E-state index contributed by atoms with van der Waals surface area (Å²) in [5.74, 6) is 0. The predicted molar refractivity (Wildman–Crippen MR) is 137 cm³/mol. The first-order chi connectivity index (χ1) is 15.5. The van der Waals surface area contributed by atoms with Gasteiger partial charge in [-0.1, -0.05) is 51.5 Å². The number of likely N-dealkylation sites (tertiary alicyclic amines) is 1. The van der Waals surface area contributed by atoms with E-state index in [-0.39, 0.29) is 0 Å². The molecule has 0 bridgehead atoms. The van der Waals surface area contributed by atoms with Gasteiger partial charge in [0.15, 0.2) is 0 Å². The molecule has 2 fully saturated rings. The van der Waals surface area contributed by atoms with Crippen LogP contribution in [0.4, 0.5) is 10.1 Å². The number of hydrogen-bond acceptors (Lipinski definition) is 4. The molecule has 5 heteroatoms. The Labute approximate surface area is 196 Å². The third-order valence-electron chi connectivity index (χ3n) is 5.48. The third-order valence-corrected chi connectivity index (χ3v) is 5.48. The molecule has 4 rings (SSSR count). The molecular weight excluding hydrogens is 399 g/mol. The maximum Gasteiger partial charge on any atom is 0.114 e. The van der Waals surface area contributed by atoms with E-state index < -0.39 is 6.17 Å². The highest BCUT2D eigenvalue weighted by molar-refractivity contribution is 5.47. The molecule has 1 aromatic heterocycles. The van der Waals surface area contributed by atoms with Gasteiger partial charge < -0.3 is 9.80 Å². The molecule has 0 saturated carbocycles. The Morgan fingerprint density at radius 3 is 1.94 bits per heavy atom. The Morgan fingerprint density at radius 2 is 1.44 bits per heavy atom. The van der Waals surface area contributed by atoms with Crippen LogP contribution in [0.25, 0.3) is 0 Å². The Kier molecular flexibility index (Phi) is 13.8. The molecule has 0 N–H and O–H groups in total. The van der Waals surface area contributed by atoms with Crippen molar-refractivity contribution in [2.24, 2.45) is 0 Å². The van der Waals surface area contributed by atoms with Crippen LogP contribution in [0.3, 0.4) is 0 Å². The van der Waals surface area contributed by atoms with E-state index in [4.69, 9.17) is 0 Å². The maximum atomic E-state index is 12.9. The molecule has 3 heterocycles. The van der Waals surface area contributed by atoms with Crippen molar-refractivity contribution >= 4 is 5.69 Å². The predicted octanol–water partition coefficient (Wildman–Crippen LogP) is 5.73. The minimum Gasteiger partial charge on any atom is -0.369 e. The Hall–Kier alpha value is -1.98. The highest BCUT2D eigenvalue weighted by atomic mass is 19.1. The zero-order valence-electron chi connectivity index (χ0n) is 21.4. The molecule has 1 unspecified atom stereocenters. The van der Waals surface area contributed by atoms with Gasteiger partial charge in [-0.3, -0.25) is 9.88 Å². The van der Waals surface area contributed by atoms with Crippen molar-refractivity contribution < 1.29 is 4.39 Å². The van der Waals surface area contributed by atoms with Gasteiger partial charge in [0.25, 0.3) is 0 Å². The van der Waals surface area contributed by atoms with Gasteiger partial charge in [-0.05, 0) is 51.1 Å². The van der Waals surface area contributed by atoms with Gasteiger partial charge in [-0.25, -0.2) is 4.39 Å². The molecule has 1 aromatic carbocycles. The SMILES string of the molecule is CC.CC.Cc1ccc(CN2CCC(F)C2)nc1.Cc1ccc(N2CCN(C)CC2)cc1. The van der Waals surface area contributed by atoms with Gasteiger partial charge >= 0.3 is 0 Å². The molecule has 2 aliphatic heterocycles. The monoisotopic (exact) mass is 444 g/mol.